The molecule has 0 aliphatic carbocycles. The second-order valence-corrected chi connectivity index (χ2v) is 4.57. The fraction of sp³-hybridized carbons (Fsp3) is 0.154. The molecular formula is C13H14N2OS. The summed E-state index contributed by atoms with van der Waals surface area (Å²) in [5.74, 6) is 1.98. The smallest absolute Gasteiger partial charge is 0.166 e. The second-order valence-electron chi connectivity index (χ2n) is 3.40. The van der Waals surface area contributed by atoms with Crippen molar-refractivity contribution in [1.29, 1.82) is 0 Å². The molecular weight excluding hydrogens is 232 g/mol. The van der Waals surface area contributed by atoms with Crippen molar-refractivity contribution in [2.45, 2.75) is 4.90 Å². The highest BCUT2D eigenvalue weighted by atomic mass is 32.2. The van der Waals surface area contributed by atoms with Crippen LogP contribution in [0.25, 0.3) is 0 Å². The fourth-order valence-electron chi connectivity index (χ4n) is 1.35. The summed E-state index contributed by atoms with van der Waals surface area (Å²) in [6, 6.07) is 13.9. The molecule has 0 fully saturated rings. The van der Waals surface area contributed by atoms with Crippen LogP contribution in [0, 0.1) is 0 Å². The summed E-state index contributed by atoms with van der Waals surface area (Å²) in [5, 5.41) is 0. The van der Waals surface area contributed by atoms with Gasteiger partial charge in [-0.1, -0.05) is 18.2 Å². The lowest BCUT2D eigenvalue weighted by Crippen LogP contribution is -2.03. The first-order chi connectivity index (χ1) is 8.36. The van der Waals surface area contributed by atoms with E-state index in [4.69, 9.17) is 10.5 Å². The van der Waals surface area contributed by atoms with Crippen LogP contribution in [-0.4, -0.2) is 17.3 Å². The molecule has 0 saturated carbocycles. The molecule has 0 aliphatic rings. The van der Waals surface area contributed by atoms with E-state index in [9.17, 15) is 0 Å². The highest BCUT2D eigenvalue weighted by molar-refractivity contribution is 7.99. The molecule has 1 aromatic heterocycles. The normalized spacial score (nSPS) is 10.1. The minimum atomic E-state index is 0.442. The van der Waals surface area contributed by atoms with Gasteiger partial charge in [0.05, 0.1) is 6.61 Å². The van der Waals surface area contributed by atoms with Crippen LogP contribution in [0.1, 0.15) is 0 Å². The highest BCUT2D eigenvalue weighted by Crippen LogP contribution is 2.19. The van der Waals surface area contributed by atoms with Gasteiger partial charge < -0.3 is 10.5 Å². The van der Waals surface area contributed by atoms with Crippen LogP contribution in [0.15, 0.2) is 53.6 Å². The Morgan fingerprint density at radius 3 is 2.71 bits per heavy atom. The largest absolute Gasteiger partial charge is 0.489 e. The van der Waals surface area contributed by atoms with Gasteiger partial charge in [0, 0.05) is 16.8 Å². The number of aromatic nitrogens is 1. The summed E-state index contributed by atoms with van der Waals surface area (Å²) in [5.41, 5.74) is 5.67. The van der Waals surface area contributed by atoms with Crippen LogP contribution in [-0.2, 0) is 0 Å². The lowest BCUT2D eigenvalue weighted by molar-refractivity contribution is 0.344. The maximum atomic E-state index is 5.67. The number of benzene rings is 1. The van der Waals surface area contributed by atoms with Crippen molar-refractivity contribution < 1.29 is 4.74 Å². The Hall–Kier alpha value is -1.68. The predicted octanol–water partition coefficient (Wildman–Crippen LogP) is 2.83. The van der Waals surface area contributed by atoms with E-state index in [0.29, 0.717) is 18.2 Å². The third-order valence-corrected chi connectivity index (χ3v) is 3.13. The number of thioether (sulfide) groups is 1. The van der Waals surface area contributed by atoms with Crippen LogP contribution in [0.3, 0.4) is 0 Å². The number of hydrogen-bond donors (Lipinski definition) is 1. The maximum Gasteiger partial charge on any atom is 0.166 e. The topological polar surface area (TPSA) is 48.1 Å². The third-order valence-electron chi connectivity index (χ3n) is 2.15. The monoisotopic (exact) mass is 246 g/mol. The van der Waals surface area contributed by atoms with E-state index in [0.717, 1.165) is 5.75 Å². The minimum Gasteiger partial charge on any atom is -0.489 e. The van der Waals surface area contributed by atoms with Gasteiger partial charge in [-0.15, -0.1) is 11.8 Å². The van der Waals surface area contributed by atoms with Crippen molar-refractivity contribution in [3.05, 3.63) is 48.7 Å². The van der Waals surface area contributed by atoms with E-state index < -0.39 is 0 Å². The Morgan fingerprint density at radius 2 is 1.94 bits per heavy atom. The SMILES string of the molecule is Nc1ncccc1OCCSc1ccccc1. The molecule has 4 heteroatoms. The Balaban J connectivity index is 1.76. The van der Waals surface area contributed by atoms with Gasteiger partial charge in [-0.05, 0) is 24.3 Å². The standard InChI is InChI=1S/C13H14N2OS/c14-13-12(7-4-8-15-13)16-9-10-17-11-5-2-1-3-6-11/h1-8H,9-10H2,(H2,14,15). The zero-order valence-electron chi connectivity index (χ0n) is 9.37. The molecule has 0 radical (unpaired) electrons. The minimum absolute atomic E-state index is 0.442. The van der Waals surface area contributed by atoms with E-state index in [1.807, 2.05) is 30.3 Å². The molecule has 2 N–H and O–H groups in total. The number of pyridine rings is 1. The van der Waals surface area contributed by atoms with Gasteiger partial charge in [0.1, 0.15) is 0 Å². The van der Waals surface area contributed by atoms with E-state index in [1.54, 1.807) is 18.0 Å². The van der Waals surface area contributed by atoms with Gasteiger partial charge in [-0.25, -0.2) is 4.98 Å². The molecule has 0 bridgehead atoms. The molecule has 0 atom stereocenters. The molecule has 88 valence electrons. The number of nitrogens with zero attached hydrogens (tertiary/aromatic N) is 1. The van der Waals surface area contributed by atoms with Crippen LogP contribution in [0.4, 0.5) is 5.82 Å². The maximum absolute atomic E-state index is 5.67. The molecule has 0 saturated heterocycles. The van der Waals surface area contributed by atoms with Crippen molar-refractivity contribution in [2.75, 3.05) is 18.1 Å². The van der Waals surface area contributed by atoms with Crippen molar-refractivity contribution in [3.8, 4) is 5.75 Å². The van der Waals surface area contributed by atoms with E-state index in [2.05, 4.69) is 17.1 Å². The first-order valence-corrected chi connectivity index (χ1v) is 6.36. The zero-order valence-corrected chi connectivity index (χ0v) is 10.2. The first kappa shape index (κ1) is 11.8. The van der Waals surface area contributed by atoms with Crippen molar-refractivity contribution in [3.63, 3.8) is 0 Å². The number of anilines is 1. The molecule has 0 amide bonds. The molecule has 2 aromatic rings. The Bertz CT molecular complexity index is 462. The molecule has 2 rings (SSSR count). The molecule has 1 heterocycles. The summed E-state index contributed by atoms with van der Waals surface area (Å²) in [6.07, 6.45) is 1.65. The molecule has 0 spiro atoms. The quantitative estimate of drug-likeness (QED) is 0.651. The number of hydrogen-bond acceptors (Lipinski definition) is 4. The molecule has 3 nitrogen and oxygen atoms in total. The van der Waals surface area contributed by atoms with Crippen LogP contribution in [0.5, 0.6) is 5.75 Å². The summed E-state index contributed by atoms with van der Waals surface area (Å²) in [7, 11) is 0. The van der Waals surface area contributed by atoms with E-state index in [1.165, 1.54) is 4.90 Å². The van der Waals surface area contributed by atoms with E-state index >= 15 is 0 Å². The predicted molar refractivity (Wildman–Crippen MR) is 71.3 cm³/mol. The summed E-state index contributed by atoms with van der Waals surface area (Å²) >= 11 is 1.76. The molecule has 0 aliphatic heterocycles. The molecule has 17 heavy (non-hydrogen) atoms. The van der Waals surface area contributed by atoms with E-state index in [-0.39, 0.29) is 0 Å². The van der Waals surface area contributed by atoms with Gasteiger partial charge in [0.25, 0.3) is 0 Å². The second kappa shape index (κ2) is 6.15. The van der Waals surface area contributed by atoms with Gasteiger partial charge in [-0.2, -0.15) is 0 Å². The number of ether oxygens (including phenoxy) is 1. The van der Waals surface area contributed by atoms with Crippen LogP contribution >= 0.6 is 11.8 Å². The van der Waals surface area contributed by atoms with Crippen molar-refractivity contribution in [1.82, 2.24) is 4.98 Å². The zero-order chi connectivity index (χ0) is 11.9. The van der Waals surface area contributed by atoms with Crippen molar-refractivity contribution >= 4 is 17.6 Å². The van der Waals surface area contributed by atoms with Crippen LogP contribution < -0.4 is 10.5 Å². The highest BCUT2D eigenvalue weighted by Gasteiger charge is 1.99. The fourth-order valence-corrected chi connectivity index (χ4v) is 2.10. The lowest BCUT2D eigenvalue weighted by Gasteiger charge is -2.07. The Kier molecular flexibility index (Phi) is 4.27. The third kappa shape index (κ3) is 3.67. The average Bonchev–Trinajstić information content (AvgIpc) is 2.38. The Morgan fingerprint density at radius 1 is 1.12 bits per heavy atom. The molecule has 0 unspecified atom stereocenters. The van der Waals surface area contributed by atoms with Gasteiger partial charge in [-0.3, -0.25) is 0 Å². The average molecular weight is 246 g/mol. The van der Waals surface area contributed by atoms with Crippen LogP contribution in [0.2, 0.25) is 0 Å². The summed E-state index contributed by atoms with van der Waals surface area (Å²) in [4.78, 5) is 5.21. The summed E-state index contributed by atoms with van der Waals surface area (Å²) < 4.78 is 5.55. The van der Waals surface area contributed by atoms with Gasteiger partial charge in [0.15, 0.2) is 11.6 Å². The van der Waals surface area contributed by atoms with Gasteiger partial charge in [0.2, 0.25) is 0 Å². The number of nitrogen functional groups attached to an aromatic ring is 1. The number of rotatable bonds is 5. The van der Waals surface area contributed by atoms with Gasteiger partial charge >= 0.3 is 0 Å². The lowest BCUT2D eigenvalue weighted by atomic mass is 10.4. The van der Waals surface area contributed by atoms with Crippen molar-refractivity contribution in [2.24, 2.45) is 0 Å². The Labute approximate surface area is 105 Å². The number of nitrogens with two attached hydrogens (primary N) is 1. The molecule has 1 aromatic carbocycles. The summed E-state index contributed by atoms with van der Waals surface area (Å²) in [6.45, 7) is 0.620. The first-order valence-electron chi connectivity index (χ1n) is 5.37.